The van der Waals surface area contributed by atoms with E-state index in [2.05, 4.69) is 10.1 Å². The maximum absolute atomic E-state index is 6.04. The SMILES string of the molecule is NC(=NCCCn1cccn1)C1CCCCC1. The number of nitrogens with zero attached hydrogens (tertiary/aromatic N) is 3. The molecule has 1 saturated carbocycles. The Labute approximate surface area is 103 Å². The maximum atomic E-state index is 6.04. The van der Waals surface area contributed by atoms with Gasteiger partial charge in [-0.1, -0.05) is 19.3 Å². The first-order chi connectivity index (χ1) is 8.36. The van der Waals surface area contributed by atoms with Crippen molar-refractivity contribution in [2.75, 3.05) is 6.54 Å². The fourth-order valence-corrected chi connectivity index (χ4v) is 2.40. The lowest BCUT2D eigenvalue weighted by atomic mass is 9.88. The number of nitrogens with two attached hydrogens (primary N) is 1. The van der Waals surface area contributed by atoms with Gasteiger partial charge >= 0.3 is 0 Å². The number of rotatable bonds is 5. The molecule has 0 atom stereocenters. The van der Waals surface area contributed by atoms with E-state index < -0.39 is 0 Å². The lowest BCUT2D eigenvalue weighted by molar-refractivity contribution is 0.436. The molecule has 0 amide bonds. The predicted octanol–water partition coefficient (Wildman–Crippen LogP) is 2.21. The van der Waals surface area contributed by atoms with Gasteiger partial charge in [0.1, 0.15) is 0 Å². The van der Waals surface area contributed by atoms with Gasteiger partial charge in [-0.3, -0.25) is 9.67 Å². The first-order valence-corrected chi connectivity index (χ1v) is 6.63. The smallest absolute Gasteiger partial charge is 0.0968 e. The van der Waals surface area contributed by atoms with Crippen LogP contribution in [-0.4, -0.2) is 22.2 Å². The van der Waals surface area contributed by atoms with Crippen LogP contribution in [0.4, 0.5) is 0 Å². The van der Waals surface area contributed by atoms with Crippen LogP contribution in [0.25, 0.3) is 0 Å². The van der Waals surface area contributed by atoms with Crippen molar-refractivity contribution < 1.29 is 0 Å². The third-order valence-electron chi connectivity index (χ3n) is 3.42. The average molecular weight is 234 g/mol. The van der Waals surface area contributed by atoms with Crippen molar-refractivity contribution in [1.82, 2.24) is 9.78 Å². The quantitative estimate of drug-likeness (QED) is 0.482. The fourth-order valence-electron chi connectivity index (χ4n) is 2.40. The second-order valence-electron chi connectivity index (χ2n) is 4.76. The number of aromatic nitrogens is 2. The van der Waals surface area contributed by atoms with E-state index in [0.29, 0.717) is 5.92 Å². The van der Waals surface area contributed by atoms with Gasteiger partial charge in [0.05, 0.1) is 5.84 Å². The molecule has 1 fully saturated rings. The zero-order chi connectivity index (χ0) is 11.9. The topological polar surface area (TPSA) is 56.2 Å². The fraction of sp³-hybridized carbons (Fsp3) is 0.692. The molecular weight excluding hydrogens is 212 g/mol. The summed E-state index contributed by atoms with van der Waals surface area (Å²) >= 11 is 0. The highest BCUT2D eigenvalue weighted by atomic mass is 15.3. The summed E-state index contributed by atoms with van der Waals surface area (Å²) in [5.74, 6) is 1.43. The Kier molecular flexibility index (Phi) is 4.59. The molecule has 2 rings (SSSR count). The van der Waals surface area contributed by atoms with Gasteiger partial charge < -0.3 is 5.73 Å². The minimum Gasteiger partial charge on any atom is -0.387 e. The van der Waals surface area contributed by atoms with Gasteiger partial charge in [0, 0.05) is 31.4 Å². The van der Waals surface area contributed by atoms with E-state index in [9.17, 15) is 0 Å². The molecule has 4 heteroatoms. The number of aryl methyl sites for hydroxylation is 1. The Morgan fingerprint density at radius 2 is 2.18 bits per heavy atom. The number of amidine groups is 1. The summed E-state index contributed by atoms with van der Waals surface area (Å²) < 4.78 is 1.94. The van der Waals surface area contributed by atoms with Gasteiger partial charge in [-0.2, -0.15) is 5.10 Å². The highest BCUT2D eigenvalue weighted by molar-refractivity contribution is 5.82. The Balaban J connectivity index is 1.68. The summed E-state index contributed by atoms with van der Waals surface area (Å²) in [6, 6.07) is 1.94. The molecule has 1 aromatic heterocycles. The van der Waals surface area contributed by atoms with Crippen LogP contribution in [0, 0.1) is 5.92 Å². The predicted molar refractivity (Wildman–Crippen MR) is 69.9 cm³/mol. The molecule has 1 aliphatic carbocycles. The van der Waals surface area contributed by atoms with E-state index >= 15 is 0 Å². The van der Waals surface area contributed by atoms with Crippen LogP contribution in [0.15, 0.2) is 23.5 Å². The average Bonchev–Trinajstić information content (AvgIpc) is 2.88. The van der Waals surface area contributed by atoms with Gasteiger partial charge in [-0.05, 0) is 25.3 Å². The highest BCUT2D eigenvalue weighted by Gasteiger charge is 2.16. The number of hydrogen-bond donors (Lipinski definition) is 1. The largest absolute Gasteiger partial charge is 0.387 e. The van der Waals surface area contributed by atoms with Gasteiger partial charge in [0.25, 0.3) is 0 Å². The Morgan fingerprint density at radius 3 is 2.88 bits per heavy atom. The summed E-state index contributed by atoms with van der Waals surface area (Å²) in [5.41, 5.74) is 6.04. The van der Waals surface area contributed by atoms with Crippen LogP contribution in [0.1, 0.15) is 38.5 Å². The molecular formula is C13H22N4. The molecule has 0 aromatic carbocycles. The van der Waals surface area contributed by atoms with Crippen molar-refractivity contribution in [2.24, 2.45) is 16.6 Å². The molecule has 0 unspecified atom stereocenters. The summed E-state index contributed by atoms with van der Waals surface area (Å²) in [4.78, 5) is 4.50. The third kappa shape index (κ3) is 3.88. The van der Waals surface area contributed by atoms with E-state index in [1.807, 2.05) is 16.9 Å². The second-order valence-corrected chi connectivity index (χ2v) is 4.76. The van der Waals surface area contributed by atoms with Crippen LogP contribution in [0.3, 0.4) is 0 Å². The maximum Gasteiger partial charge on any atom is 0.0968 e. The first kappa shape index (κ1) is 12.1. The van der Waals surface area contributed by atoms with E-state index in [1.54, 1.807) is 6.20 Å². The monoisotopic (exact) mass is 234 g/mol. The van der Waals surface area contributed by atoms with Crippen LogP contribution >= 0.6 is 0 Å². The van der Waals surface area contributed by atoms with Gasteiger partial charge in [0.2, 0.25) is 0 Å². The Hall–Kier alpha value is -1.32. The molecule has 4 nitrogen and oxygen atoms in total. The number of aliphatic imine (C=N–C) groups is 1. The van der Waals surface area contributed by atoms with E-state index in [1.165, 1.54) is 32.1 Å². The van der Waals surface area contributed by atoms with Crippen LogP contribution < -0.4 is 5.73 Å². The molecule has 0 radical (unpaired) electrons. The molecule has 0 bridgehead atoms. The molecule has 17 heavy (non-hydrogen) atoms. The van der Waals surface area contributed by atoms with Crippen molar-refractivity contribution in [3.05, 3.63) is 18.5 Å². The van der Waals surface area contributed by atoms with Crippen molar-refractivity contribution in [1.29, 1.82) is 0 Å². The minimum atomic E-state index is 0.549. The lowest BCUT2D eigenvalue weighted by Gasteiger charge is -2.20. The van der Waals surface area contributed by atoms with Gasteiger partial charge in [-0.25, -0.2) is 0 Å². The lowest BCUT2D eigenvalue weighted by Crippen LogP contribution is -2.26. The molecule has 0 saturated heterocycles. The van der Waals surface area contributed by atoms with Gasteiger partial charge in [0.15, 0.2) is 0 Å². The zero-order valence-electron chi connectivity index (χ0n) is 10.4. The molecule has 0 spiro atoms. The third-order valence-corrected chi connectivity index (χ3v) is 3.42. The van der Waals surface area contributed by atoms with E-state index in [-0.39, 0.29) is 0 Å². The molecule has 1 heterocycles. The summed E-state index contributed by atoms with van der Waals surface area (Å²) in [7, 11) is 0. The van der Waals surface area contributed by atoms with Crippen molar-refractivity contribution in [2.45, 2.75) is 45.1 Å². The van der Waals surface area contributed by atoms with Crippen LogP contribution in [-0.2, 0) is 6.54 Å². The van der Waals surface area contributed by atoms with E-state index in [0.717, 1.165) is 25.3 Å². The van der Waals surface area contributed by atoms with Crippen molar-refractivity contribution >= 4 is 5.84 Å². The van der Waals surface area contributed by atoms with Gasteiger partial charge in [-0.15, -0.1) is 0 Å². The molecule has 1 aromatic rings. The summed E-state index contributed by atoms with van der Waals surface area (Å²) in [5, 5.41) is 4.16. The van der Waals surface area contributed by atoms with Crippen LogP contribution in [0.5, 0.6) is 0 Å². The summed E-state index contributed by atoms with van der Waals surface area (Å²) in [6.07, 6.45) is 11.2. The second kappa shape index (κ2) is 6.42. The molecule has 2 N–H and O–H groups in total. The van der Waals surface area contributed by atoms with Crippen molar-refractivity contribution in [3.8, 4) is 0 Å². The normalized spacial score (nSPS) is 18.5. The Morgan fingerprint density at radius 1 is 1.35 bits per heavy atom. The van der Waals surface area contributed by atoms with E-state index in [4.69, 9.17) is 5.73 Å². The Bertz CT molecular complexity index is 336. The highest BCUT2D eigenvalue weighted by Crippen LogP contribution is 2.23. The minimum absolute atomic E-state index is 0.549. The van der Waals surface area contributed by atoms with Crippen molar-refractivity contribution in [3.63, 3.8) is 0 Å². The zero-order valence-corrected chi connectivity index (χ0v) is 10.4. The first-order valence-electron chi connectivity index (χ1n) is 6.63. The van der Waals surface area contributed by atoms with Crippen LogP contribution in [0.2, 0.25) is 0 Å². The standard InChI is InChI=1S/C13H22N4/c14-13(12-6-2-1-3-7-12)15-8-4-10-17-11-5-9-16-17/h5,9,11-12H,1-4,6-8,10H2,(H2,14,15). The molecule has 1 aliphatic rings. The molecule has 94 valence electrons. The number of hydrogen-bond acceptors (Lipinski definition) is 2. The molecule has 0 aliphatic heterocycles. The summed E-state index contributed by atoms with van der Waals surface area (Å²) in [6.45, 7) is 1.75.